The van der Waals surface area contributed by atoms with Crippen molar-refractivity contribution >= 4 is 104 Å². The zero-order chi connectivity index (χ0) is 48.7. The molecule has 0 spiro atoms. The van der Waals surface area contributed by atoms with Crippen LogP contribution in [0.25, 0.3) is 120 Å². The Morgan fingerprint density at radius 1 is 0.338 bits per heavy atom. The molecule has 0 bridgehead atoms. The van der Waals surface area contributed by atoms with Crippen molar-refractivity contribution in [3.8, 4) is 44.5 Å². The van der Waals surface area contributed by atoms with Crippen LogP contribution in [0.15, 0.2) is 261 Å². The zero-order valence-corrected chi connectivity index (χ0v) is 40.8. The molecule has 0 N–H and O–H groups in total. The number of benzene rings is 11. The molecular formula is C68H43N5S. The van der Waals surface area contributed by atoms with E-state index in [1.165, 1.54) is 48.7 Å². The van der Waals surface area contributed by atoms with Gasteiger partial charge in [-0.15, -0.1) is 11.3 Å². The maximum absolute atomic E-state index is 5.63. The van der Waals surface area contributed by atoms with Crippen molar-refractivity contribution in [3.63, 3.8) is 0 Å². The molecule has 0 radical (unpaired) electrons. The molecule has 11 aromatic carbocycles. The van der Waals surface area contributed by atoms with Crippen molar-refractivity contribution < 1.29 is 0 Å². The minimum atomic E-state index is 0.634. The summed E-state index contributed by atoms with van der Waals surface area (Å²) in [5.41, 5.74) is 15.2. The van der Waals surface area contributed by atoms with Gasteiger partial charge in [0, 0.05) is 54.7 Å². The Hall–Kier alpha value is -9.62. The predicted molar refractivity (Wildman–Crippen MR) is 312 cm³/mol. The number of para-hydroxylation sites is 3. The molecule has 0 amide bonds. The normalized spacial score (nSPS) is 11.8. The number of hydrogen-bond acceptors (Lipinski definition) is 4. The highest BCUT2D eigenvalue weighted by atomic mass is 32.1. The minimum Gasteiger partial charge on any atom is -0.311 e. The van der Waals surface area contributed by atoms with Crippen LogP contribution in [-0.2, 0) is 0 Å². The number of rotatable bonds is 8. The van der Waals surface area contributed by atoms with Gasteiger partial charge in [-0.05, 0) is 129 Å². The van der Waals surface area contributed by atoms with E-state index in [9.17, 15) is 0 Å². The van der Waals surface area contributed by atoms with Crippen LogP contribution in [0.5, 0.6) is 0 Å². The molecule has 4 aromatic heterocycles. The lowest BCUT2D eigenvalue weighted by atomic mass is 9.98. The van der Waals surface area contributed by atoms with Crippen LogP contribution in [-0.4, -0.2) is 19.1 Å². The fourth-order valence-corrected chi connectivity index (χ4v) is 12.5. The standard InChI is InChI=1S/C68H43N5S/c1-5-19-46(20-6-1)63-43-58-67(74-63)66(47-29-35-53(36-30-47)71(50-21-7-2-8-22-50)51-23-9-3-10-24-51)70-68(69-58)73-60-38-34-49(42-57(60)65-55-28-16-14-18-45(55)32-40-62(65)73)48-33-37-59-56(41-48)64-54-27-15-13-17-44(54)31-39-61(64)72(59)52-25-11-4-12-26-52/h1-43H. The van der Waals surface area contributed by atoms with Gasteiger partial charge in [-0.2, -0.15) is 0 Å². The van der Waals surface area contributed by atoms with Crippen LogP contribution >= 0.6 is 11.3 Å². The van der Waals surface area contributed by atoms with Gasteiger partial charge < -0.3 is 9.47 Å². The van der Waals surface area contributed by atoms with Gasteiger partial charge in [0.2, 0.25) is 5.95 Å². The van der Waals surface area contributed by atoms with Crippen molar-refractivity contribution in [2.45, 2.75) is 0 Å². The Morgan fingerprint density at radius 3 is 1.41 bits per heavy atom. The monoisotopic (exact) mass is 961 g/mol. The van der Waals surface area contributed by atoms with Gasteiger partial charge in [0.05, 0.1) is 38.0 Å². The SMILES string of the molecule is c1ccc(-c2cc3nc(-n4c5ccc(-c6ccc7c(c6)c6c8ccccc8ccc6n7-c6ccccc6)cc5c5c6ccccc6ccc54)nc(-c4ccc(N(c5ccccc5)c5ccccc5)cc4)c3s2)cc1. The second-order valence-corrected chi connectivity index (χ2v) is 20.0. The van der Waals surface area contributed by atoms with E-state index < -0.39 is 0 Å². The van der Waals surface area contributed by atoms with Crippen LogP contribution in [0, 0.1) is 0 Å². The molecule has 0 unspecified atom stereocenters. The largest absolute Gasteiger partial charge is 0.311 e. The molecule has 0 aliphatic heterocycles. The number of fused-ring (bicyclic) bond motifs is 11. The summed E-state index contributed by atoms with van der Waals surface area (Å²) in [6, 6.07) is 93.9. The summed E-state index contributed by atoms with van der Waals surface area (Å²) in [6.07, 6.45) is 0. The lowest BCUT2D eigenvalue weighted by Crippen LogP contribution is -2.09. The van der Waals surface area contributed by atoms with Crippen molar-refractivity contribution in [1.82, 2.24) is 19.1 Å². The average molecular weight is 962 g/mol. The van der Waals surface area contributed by atoms with Gasteiger partial charge in [-0.1, -0.05) is 170 Å². The molecule has 74 heavy (non-hydrogen) atoms. The summed E-state index contributed by atoms with van der Waals surface area (Å²) in [4.78, 5) is 14.6. The summed E-state index contributed by atoms with van der Waals surface area (Å²) in [5.74, 6) is 0.634. The topological polar surface area (TPSA) is 38.9 Å². The molecule has 6 heteroatoms. The summed E-state index contributed by atoms with van der Waals surface area (Å²) in [7, 11) is 0. The van der Waals surface area contributed by atoms with Crippen LogP contribution < -0.4 is 4.90 Å². The van der Waals surface area contributed by atoms with Crippen LogP contribution in [0.2, 0.25) is 0 Å². The van der Waals surface area contributed by atoms with Crippen molar-refractivity contribution in [2.75, 3.05) is 4.90 Å². The third-order valence-corrected chi connectivity index (χ3v) is 15.9. The first kappa shape index (κ1) is 42.1. The number of hydrogen-bond donors (Lipinski definition) is 0. The van der Waals surface area contributed by atoms with Crippen molar-refractivity contribution in [2.24, 2.45) is 0 Å². The van der Waals surface area contributed by atoms with E-state index in [2.05, 4.69) is 275 Å². The molecule has 0 atom stereocenters. The van der Waals surface area contributed by atoms with Gasteiger partial charge in [-0.3, -0.25) is 4.57 Å². The summed E-state index contributed by atoms with van der Waals surface area (Å²) < 4.78 is 5.74. The quantitative estimate of drug-likeness (QED) is 0.152. The van der Waals surface area contributed by atoms with E-state index in [1.54, 1.807) is 11.3 Å². The fraction of sp³-hybridized carbons (Fsp3) is 0. The molecule has 15 aromatic rings. The van der Waals surface area contributed by atoms with Crippen LogP contribution in [0.4, 0.5) is 17.1 Å². The van der Waals surface area contributed by atoms with Crippen LogP contribution in [0.1, 0.15) is 0 Å². The molecule has 5 nitrogen and oxygen atoms in total. The van der Waals surface area contributed by atoms with Crippen LogP contribution in [0.3, 0.4) is 0 Å². The van der Waals surface area contributed by atoms with Gasteiger partial charge in [0.25, 0.3) is 0 Å². The molecule has 15 rings (SSSR count). The smallest absolute Gasteiger partial charge is 0.235 e. The van der Waals surface area contributed by atoms with E-state index in [0.717, 1.165) is 82.2 Å². The first-order valence-electron chi connectivity index (χ1n) is 25.1. The summed E-state index contributed by atoms with van der Waals surface area (Å²) in [5, 5.41) is 9.69. The third kappa shape index (κ3) is 6.77. The second kappa shape index (κ2) is 17.0. The first-order chi connectivity index (χ1) is 36.7. The summed E-state index contributed by atoms with van der Waals surface area (Å²) in [6.45, 7) is 0. The van der Waals surface area contributed by atoms with E-state index in [4.69, 9.17) is 9.97 Å². The van der Waals surface area contributed by atoms with Crippen molar-refractivity contribution in [1.29, 1.82) is 0 Å². The summed E-state index contributed by atoms with van der Waals surface area (Å²) >= 11 is 1.75. The Balaban J connectivity index is 0.936. The fourth-order valence-electron chi connectivity index (χ4n) is 11.3. The molecule has 0 aliphatic rings. The number of anilines is 3. The number of nitrogens with zero attached hydrogens (tertiary/aromatic N) is 5. The number of aromatic nitrogens is 4. The Bertz CT molecular complexity index is 4600. The highest BCUT2D eigenvalue weighted by molar-refractivity contribution is 7.22. The average Bonchev–Trinajstić information content (AvgIpc) is 4.18. The lowest BCUT2D eigenvalue weighted by molar-refractivity contribution is 1.02. The Kier molecular flexibility index (Phi) is 9.68. The highest BCUT2D eigenvalue weighted by Gasteiger charge is 2.23. The molecule has 0 saturated heterocycles. The third-order valence-electron chi connectivity index (χ3n) is 14.7. The van der Waals surface area contributed by atoms with E-state index in [-0.39, 0.29) is 0 Å². The maximum atomic E-state index is 5.63. The Labute approximate surface area is 430 Å². The molecule has 0 fully saturated rings. The van der Waals surface area contributed by atoms with E-state index in [0.29, 0.717) is 5.95 Å². The molecule has 0 aliphatic carbocycles. The van der Waals surface area contributed by atoms with Gasteiger partial charge >= 0.3 is 0 Å². The van der Waals surface area contributed by atoms with E-state index in [1.807, 2.05) is 0 Å². The van der Waals surface area contributed by atoms with E-state index >= 15 is 0 Å². The van der Waals surface area contributed by atoms with Crippen molar-refractivity contribution in [3.05, 3.63) is 261 Å². The molecule has 346 valence electrons. The molecular weight excluding hydrogens is 919 g/mol. The second-order valence-electron chi connectivity index (χ2n) is 18.9. The molecule has 0 saturated carbocycles. The minimum absolute atomic E-state index is 0.634. The highest BCUT2D eigenvalue weighted by Crippen LogP contribution is 2.44. The van der Waals surface area contributed by atoms with Gasteiger partial charge in [0.15, 0.2) is 0 Å². The zero-order valence-electron chi connectivity index (χ0n) is 40.0. The predicted octanol–water partition coefficient (Wildman–Crippen LogP) is 18.7. The first-order valence-corrected chi connectivity index (χ1v) is 25.9. The maximum Gasteiger partial charge on any atom is 0.235 e. The van der Waals surface area contributed by atoms with Gasteiger partial charge in [-0.25, -0.2) is 9.97 Å². The Morgan fingerprint density at radius 2 is 0.811 bits per heavy atom. The lowest BCUT2D eigenvalue weighted by Gasteiger charge is -2.25. The van der Waals surface area contributed by atoms with Gasteiger partial charge in [0.1, 0.15) is 0 Å². The molecule has 4 heterocycles. The number of thiophene rings is 1.